The van der Waals surface area contributed by atoms with Gasteiger partial charge in [0.1, 0.15) is 12.2 Å². The van der Waals surface area contributed by atoms with Gasteiger partial charge in [-0.1, -0.05) is 18.2 Å². The zero-order valence-corrected chi connectivity index (χ0v) is 15.6. The molecular formula is C20H24N6O2. The molecular weight excluding hydrogens is 356 g/mol. The van der Waals surface area contributed by atoms with Crippen LogP contribution in [0.3, 0.4) is 0 Å². The Morgan fingerprint density at radius 1 is 1.21 bits per heavy atom. The Hall–Kier alpha value is -3.00. The van der Waals surface area contributed by atoms with Crippen LogP contribution in [0, 0.1) is 5.92 Å². The molecule has 8 heteroatoms. The first-order valence-electron chi connectivity index (χ1n) is 9.58. The van der Waals surface area contributed by atoms with E-state index in [2.05, 4.69) is 20.6 Å². The first-order valence-corrected chi connectivity index (χ1v) is 9.58. The Labute approximate surface area is 163 Å². The number of nitrogens with zero attached hydrogens (tertiary/aromatic N) is 5. The van der Waals surface area contributed by atoms with Crippen LogP contribution in [0.1, 0.15) is 25.1 Å². The number of amides is 1. The summed E-state index contributed by atoms with van der Waals surface area (Å²) in [5.41, 5.74) is 0.968. The van der Waals surface area contributed by atoms with Crippen molar-refractivity contribution in [2.24, 2.45) is 5.92 Å². The molecule has 1 aliphatic carbocycles. The molecule has 1 aromatic carbocycles. The number of rotatable bonds is 7. The number of carbonyl (C=O) groups excluding carboxylic acids is 1. The first kappa shape index (κ1) is 18.4. The third kappa shape index (κ3) is 4.28. The van der Waals surface area contributed by atoms with E-state index in [0.717, 1.165) is 24.5 Å². The molecule has 1 fully saturated rings. The highest BCUT2D eigenvalue weighted by Gasteiger charge is 2.34. The van der Waals surface area contributed by atoms with Gasteiger partial charge in [0, 0.05) is 37.5 Å². The second kappa shape index (κ2) is 8.35. The predicted octanol–water partition coefficient (Wildman–Crippen LogP) is 1.35. The number of para-hydroxylation sites is 1. The van der Waals surface area contributed by atoms with E-state index in [9.17, 15) is 9.90 Å². The van der Waals surface area contributed by atoms with Gasteiger partial charge in [0.15, 0.2) is 0 Å². The highest BCUT2D eigenvalue weighted by atomic mass is 16.3. The molecule has 2 aromatic heterocycles. The van der Waals surface area contributed by atoms with Crippen LogP contribution >= 0.6 is 0 Å². The van der Waals surface area contributed by atoms with E-state index in [4.69, 9.17) is 0 Å². The number of aryl methyl sites for hydroxylation is 1. The van der Waals surface area contributed by atoms with Gasteiger partial charge in [-0.15, -0.1) is 10.2 Å². The van der Waals surface area contributed by atoms with Crippen LogP contribution in [0.2, 0.25) is 0 Å². The van der Waals surface area contributed by atoms with E-state index in [-0.39, 0.29) is 11.9 Å². The summed E-state index contributed by atoms with van der Waals surface area (Å²) in [7, 11) is 0. The molecule has 0 aliphatic heterocycles. The Morgan fingerprint density at radius 2 is 2.07 bits per heavy atom. The van der Waals surface area contributed by atoms with Gasteiger partial charge in [0.25, 0.3) is 0 Å². The van der Waals surface area contributed by atoms with E-state index in [1.165, 1.54) is 0 Å². The second-order valence-electron chi connectivity index (χ2n) is 7.26. The largest absolute Gasteiger partial charge is 0.391 e. The summed E-state index contributed by atoms with van der Waals surface area (Å²) in [6.45, 7) is 0.761. The molecule has 8 nitrogen and oxygen atoms in total. The zero-order chi connectivity index (χ0) is 19.3. The molecule has 0 spiro atoms. The van der Waals surface area contributed by atoms with Gasteiger partial charge < -0.3 is 10.4 Å². The van der Waals surface area contributed by atoms with Crippen molar-refractivity contribution in [3.05, 3.63) is 60.9 Å². The molecule has 2 N–H and O–H groups in total. The van der Waals surface area contributed by atoms with Crippen LogP contribution in [0.5, 0.6) is 0 Å². The predicted molar refractivity (Wildman–Crippen MR) is 103 cm³/mol. The maximum atomic E-state index is 12.4. The van der Waals surface area contributed by atoms with Gasteiger partial charge in [-0.3, -0.25) is 14.0 Å². The van der Waals surface area contributed by atoms with Crippen molar-refractivity contribution in [1.29, 1.82) is 0 Å². The van der Waals surface area contributed by atoms with Gasteiger partial charge in [-0.05, 0) is 37.0 Å². The Morgan fingerprint density at radius 3 is 2.86 bits per heavy atom. The summed E-state index contributed by atoms with van der Waals surface area (Å²) >= 11 is 0. The molecule has 1 unspecified atom stereocenters. The fourth-order valence-corrected chi connectivity index (χ4v) is 3.83. The maximum absolute atomic E-state index is 12.4. The van der Waals surface area contributed by atoms with Crippen molar-refractivity contribution >= 4 is 5.91 Å². The highest BCUT2D eigenvalue weighted by Crippen LogP contribution is 2.27. The average molecular weight is 380 g/mol. The normalized spacial score (nSPS) is 21.7. The molecule has 1 saturated carbocycles. The number of nitrogens with one attached hydrogen (secondary N) is 1. The van der Waals surface area contributed by atoms with Gasteiger partial charge in [0.2, 0.25) is 5.91 Å². The van der Waals surface area contributed by atoms with Crippen LogP contribution in [0.25, 0.3) is 5.69 Å². The van der Waals surface area contributed by atoms with E-state index >= 15 is 0 Å². The molecule has 3 aromatic rings. The van der Waals surface area contributed by atoms with E-state index in [1.54, 1.807) is 12.5 Å². The third-order valence-electron chi connectivity index (χ3n) is 5.21. The van der Waals surface area contributed by atoms with Crippen LogP contribution < -0.4 is 5.32 Å². The quantitative estimate of drug-likeness (QED) is 0.645. The Bertz CT molecular complexity index is 893. The lowest BCUT2D eigenvalue weighted by molar-refractivity contribution is -0.122. The second-order valence-corrected chi connectivity index (χ2v) is 7.26. The molecule has 4 rings (SSSR count). The minimum absolute atomic E-state index is 0.0774. The number of benzene rings is 1. The number of aliphatic hydroxyl groups is 1. The lowest BCUT2D eigenvalue weighted by atomic mass is 10.1. The molecule has 146 valence electrons. The summed E-state index contributed by atoms with van der Waals surface area (Å²) in [4.78, 5) is 12.4. The number of carbonyl (C=O) groups is 1. The summed E-state index contributed by atoms with van der Waals surface area (Å²) in [6.07, 6.45) is 7.03. The third-order valence-corrected chi connectivity index (χ3v) is 5.21. The summed E-state index contributed by atoms with van der Waals surface area (Å²) in [6, 6.07) is 11.5. The van der Waals surface area contributed by atoms with Crippen molar-refractivity contribution in [3.8, 4) is 5.69 Å². The van der Waals surface area contributed by atoms with Gasteiger partial charge in [-0.25, -0.2) is 0 Å². The number of hydrogen-bond donors (Lipinski definition) is 2. The van der Waals surface area contributed by atoms with E-state index in [0.29, 0.717) is 25.2 Å². The maximum Gasteiger partial charge on any atom is 0.220 e. The molecule has 3 atom stereocenters. The van der Waals surface area contributed by atoms with Crippen LogP contribution in [-0.2, 0) is 17.8 Å². The molecule has 0 bridgehead atoms. The zero-order valence-electron chi connectivity index (χ0n) is 15.6. The smallest absolute Gasteiger partial charge is 0.220 e. The van der Waals surface area contributed by atoms with Crippen LogP contribution in [0.4, 0.5) is 0 Å². The standard InChI is InChI=1S/C20H24N6O2/c27-18-12-15(13-25-10-4-9-22-25)11-17(18)23-20(28)8-7-19-24-21-14-26(19)16-5-2-1-3-6-16/h1-6,9-10,14-15,17-18,27H,7-8,11-13H2,(H,23,28)/t15?,17-,18-/m1/s1. The number of hydrogen-bond acceptors (Lipinski definition) is 5. The fourth-order valence-electron chi connectivity index (χ4n) is 3.83. The molecule has 0 radical (unpaired) electrons. The Kier molecular flexibility index (Phi) is 5.48. The number of aliphatic hydroxyl groups excluding tert-OH is 1. The van der Waals surface area contributed by atoms with Gasteiger partial charge >= 0.3 is 0 Å². The number of aromatic nitrogens is 5. The minimum atomic E-state index is -0.516. The molecule has 2 heterocycles. The fraction of sp³-hybridized carbons (Fsp3) is 0.400. The van der Waals surface area contributed by atoms with E-state index < -0.39 is 6.10 Å². The monoisotopic (exact) mass is 380 g/mol. The molecule has 28 heavy (non-hydrogen) atoms. The highest BCUT2D eigenvalue weighted by molar-refractivity contribution is 5.76. The molecule has 0 saturated heterocycles. The topological polar surface area (TPSA) is 97.9 Å². The average Bonchev–Trinajstić information content (AvgIpc) is 3.44. The van der Waals surface area contributed by atoms with E-state index in [1.807, 2.05) is 51.8 Å². The Balaban J connectivity index is 1.29. The molecule has 1 amide bonds. The van der Waals surface area contributed by atoms with Crippen LogP contribution in [0.15, 0.2) is 55.1 Å². The van der Waals surface area contributed by atoms with Crippen molar-refractivity contribution in [3.63, 3.8) is 0 Å². The lowest BCUT2D eigenvalue weighted by Crippen LogP contribution is -2.40. The van der Waals surface area contributed by atoms with Gasteiger partial charge in [-0.2, -0.15) is 5.10 Å². The molecule has 1 aliphatic rings. The van der Waals surface area contributed by atoms with Crippen LogP contribution in [-0.4, -0.2) is 47.7 Å². The summed E-state index contributed by atoms with van der Waals surface area (Å²) in [5, 5.41) is 25.6. The van der Waals surface area contributed by atoms with Crippen molar-refractivity contribution in [2.75, 3.05) is 0 Å². The minimum Gasteiger partial charge on any atom is -0.391 e. The van der Waals surface area contributed by atoms with Crippen molar-refractivity contribution in [2.45, 2.75) is 44.4 Å². The summed E-state index contributed by atoms with van der Waals surface area (Å²) < 4.78 is 3.76. The van der Waals surface area contributed by atoms with Gasteiger partial charge in [0.05, 0.1) is 12.1 Å². The lowest BCUT2D eigenvalue weighted by Gasteiger charge is -2.16. The SMILES string of the molecule is O=C(CCc1nncn1-c1ccccc1)N[C@@H]1CC(Cn2cccn2)C[C@H]1O. The van der Waals surface area contributed by atoms with Crippen molar-refractivity contribution in [1.82, 2.24) is 29.9 Å². The summed E-state index contributed by atoms with van der Waals surface area (Å²) in [5.74, 6) is 0.970. The van der Waals surface area contributed by atoms with Crippen molar-refractivity contribution < 1.29 is 9.90 Å². The first-order chi connectivity index (χ1) is 13.7.